The Balaban J connectivity index is 2.47. The topological polar surface area (TPSA) is 43.8 Å². The summed E-state index contributed by atoms with van der Waals surface area (Å²) < 4.78 is 2.90. The minimum atomic E-state index is -0.162. The zero-order valence-corrected chi connectivity index (χ0v) is 12.8. The zero-order valence-electron chi connectivity index (χ0n) is 10.4. The predicted octanol–water partition coefficient (Wildman–Crippen LogP) is 3.44. The van der Waals surface area contributed by atoms with Crippen LogP contribution in [0.15, 0.2) is 39.8 Å². The van der Waals surface area contributed by atoms with Crippen molar-refractivity contribution in [1.82, 2.24) is 9.78 Å². The quantitative estimate of drug-likeness (QED) is 0.876. The van der Waals surface area contributed by atoms with Gasteiger partial charge < -0.3 is 5.73 Å². The van der Waals surface area contributed by atoms with E-state index in [4.69, 9.17) is 5.73 Å². The Hall–Kier alpha value is -0.780. The summed E-state index contributed by atoms with van der Waals surface area (Å²) in [6, 6.07) is 8.07. The molecule has 0 saturated heterocycles. The van der Waals surface area contributed by atoms with Crippen LogP contribution in [0.4, 0.5) is 0 Å². The molecule has 5 heteroatoms. The second-order valence-electron chi connectivity index (χ2n) is 3.91. The number of benzene rings is 1. The number of hydrogen-bond acceptors (Lipinski definition) is 3. The van der Waals surface area contributed by atoms with Gasteiger partial charge in [-0.2, -0.15) is 5.10 Å². The second-order valence-corrected chi connectivity index (χ2v) is 5.62. The lowest BCUT2D eigenvalue weighted by Crippen LogP contribution is -2.18. The van der Waals surface area contributed by atoms with Crippen molar-refractivity contribution >= 4 is 27.7 Å². The fraction of sp³-hybridized carbons (Fsp3) is 0.308. The maximum Gasteiger partial charge on any atom is 0.0745 e. The largest absolute Gasteiger partial charge is 0.319 e. The third-order valence-electron chi connectivity index (χ3n) is 2.90. The van der Waals surface area contributed by atoms with E-state index in [0.717, 1.165) is 22.3 Å². The van der Waals surface area contributed by atoms with E-state index < -0.39 is 0 Å². The summed E-state index contributed by atoms with van der Waals surface area (Å²) in [5.41, 5.74) is 8.58. The van der Waals surface area contributed by atoms with E-state index in [1.165, 1.54) is 4.90 Å². The van der Waals surface area contributed by atoms with Crippen molar-refractivity contribution in [1.29, 1.82) is 0 Å². The van der Waals surface area contributed by atoms with Crippen molar-refractivity contribution in [2.24, 2.45) is 5.73 Å². The smallest absolute Gasteiger partial charge is 0.0745 e. The van der Waals surface area contributed by atoms with Gasteiger partial charge in [0.15, 0.2) is 0 Å². The molecule has 0 saturated carbocycles. The van der Waals surface area contributed by atoms with Gasteiger partial charge in [-0.25, -0.2) is 0 Å². The summed E-state index contributed by atoms with van der Waals surface area (Å²) in [5.74, 6) is 0. The molecule has 0 bridgehead atoms. The Labute approximate surface area is 120 Å². The van der Waals surface area contributed by atoms with Crippen LogP contribution in [0.2, 0.25) is 0 Å². The van der Waals surface area contributed by atoms with Crippen LogP contribution in [-0.4, -0.2) is 16.0 Å². The summed E-state index contributed by atoms with van der Waals surface area (Å²) in [6.45, 7) is 2.88. The molecule has 2 N–H and O–H groups in total. The molecule has 1 heterocycles. The summed E-state index contributed by atoms with van der Waals surface area (Å²) in [6.07, 6.45) is 3.87. The molecule has 0 aliphatic rings. The molecule has 1 atom stereocenters. The van der Waals surface area contributed by atoms with Gasteiger partial charge in [0.2, 0.25) is 0 Å². The highest BCUT2D eigenvalue weighted by molar-refractivity contribution is 9.10. The molecule has 1 aromatic carbocycles. The van der Waals surface area contributed by atoms with Gasteiger partial charge in [0.25, 0.3) is 0 Å². The third-order valence-corrected chi connectivity index (χ3v) is 4.32. The van der Waals surface area contributed by atoms with E-state index in [0.29, 0.717) is 0 Å². The van der Waals surface area contributed by atoms with Crippen LogP contribution in [0, 0.1) is 0 Å². The van der Waals surface area contributed by atoms with Crippen molar-refractivity contribution in [2.75, 3.05) is 6.26 Å². The SMILES string of the molecule is CCn1ncc(Br)c1C(N)c1ccccc1SC. The fourth-order valence-corrected chi connectivity index (χ4v) is 3.19. The van der Waals surface area contributed by atoms with Crippen molar-refractivity contribution in [3.05, 3.63) is 46.2 Å². The molecule has 1 aromatic heterocycles. The first-order valence-electron chi connectivity index (χ1n) is 5.78. The number of halogens is 1. The first kappa shape index (κ1) is 13.6. The molecule has 2 aromatic rings. The van der Waals surface area contributed by atoms with Crippen LogP contribution in [-0.2, 0) is 6.54 Å². The minimum Gasteiger partial charge on any atom is -0.319 e. The van der Waals surface area contributed by atoms with Gasteiger partial charge in [0.1, 0.15) is 0 Å². The Morgan fingerprint density at radius 2 is 2.17 bits per heavy atom. The van der Waals surface area contributed by atoms with Crippen molar-refractivity contribution in [2.45, 2.75) is 24.4 Å². The molecule has 18 heavy (non-hydrogen) atoms. The molecule has 0 aliphatic carbocycles. The Bertz CT molecular complexity index is 539. The molecule has 1 unspecified atom stereocenters. The maximum absolute atomic E-state index is 6.41. The third kappa shape index (κ3) is 2.48. The van der Waals surface area contributed by atoms with Crippen LogP contribution >= 0.6 is 27.7 Å². The molecule has 0 aliphatic heterocycles. The van der Waals surface area contributed by atoms with E-state index in [2.05, 4.69) is 46.3 Å². The van der Waals surface area contributed by atoms with Gasteiger partial charge in [-0.1, -0.05) is 18.2 Å². The standard InChI is InChI=1S/C13H16BrN3S/c1-3-17-13(10(14)8-16-17)12(15)9-6-4-5-7-11(9)18-2/h4-8,12H,3,15H2,1-2H3. The van der Waals surface area contributed by atoms with Gasteiger partial charge in [0.05, 0.1) is 22.4 Å². The second kappa shape index (κ2) is 5.91. The lowest BCUT2D eigenvalue weighted by Gasteiger charge is -2.17. The van der Waals surface area contributed by atoms with Gasteiger partial charge in [0, 0.05) is 11.4 Å². The average Bonchev–Trinajstić information content (AvgIpc) is 2.79. The first-order chi connectivity index (χ1) is 8.69. The molecule has 2 rings (SSSR count). The molecule has 0 amide bonds. The van der Waals surface area contributed by atoms with Crippen molar-refractivity contribution < 1.29 is 0 Å². The number of nitrogens with zero attached hydrogens (tertiary/aromatic N) is 2. The van der Waals surface area contributed by atoms with Crippen LogP contribution < -0.4 is 5.73 Å². The summed E-state index contributed by atoms with van der Waals surface area (Å²) in [5, 5.41) is 4.32. The Morgan fingerprint density at radius 3 is 2.83 bits per heavy atom. The van der Waals surface area contributed by atoms with E-state index in [-0.39, 0.29) is 6.04 Å². The summed E-state index contributed by atoms with van der Waals surface area (Å²) in [7, 11) is 0. The van der Waals surface area contributed by atoms with Crippen LogP contribution in [0.25, 0.3) is 0 Å². The first-order valence-corrected chi connectivity index (χ1v) is 7.80. The molecule has 3 nitrogen and oxygen atoms in total. The van der Waals surface area contributed by atoms with E-state index >= 15 is 0 Å². The molecule has 96 valence electrons. The Kier molecular flexibility index (Phi) is 4.48. The molecule has 0 spiro atoms. The normalized spacial score (nSPS) is 12.7. The Morgan fingerprint density at radius 1 is 1.44 bits per heavy atom. The highest BCUT2D eigenvalue weighted by Crippen LogP contribution is 2.31. The number of thioether (sulfide) groups is 1. The highest BCUT2D eigenvalue weighted by Gasteiger charge is 2.19. The molecule has 0 fully saturated rings. The van der Waals surface area contributed by atoms with Crippen LogP contribution in [0.3, 0.4) is 0 Å². The van der Waals surface area contributed by atoms with Crippen LogP contribution in [0.1, 0.15) is 24.2 Å². The minimum absolute atomic E-state index is 0.162. The number of aromatic nitrogens is 2. The molecular formula is C13H16BrN3S. The predicted molar refractivity (Wildman–Crippen MR) is 79.9 cm³/mol. The van der Waals surface area contributed by atoms with Crippen LogP contribution in [0.5, 0.6) is 0 Å². The van der Waals surface area contributed by atoms with E-state index in [1.54, 1.807) is 18.0 Å². The maximum atomic E-state index is 6.41. The van der Waals surface area contributed by atoms with E-state index in [9.17, 15) is 0 Å². The molecule has 0 radical (unpaired) electrons. The van der Waals surface area contributed by atoms with Gasteiger partial charge >= 0.3 is 0 Å². The highest BCUT2D eigenvalue weighted by atomic mass is 79.9. The lowest BCUT2D eigenvalue weighted by molar-refractivity contribution is 0.597. The average molecular weight is 326 g/mol. The fourth-order valence-electron chi connectivity index (χ4n) is 2.00. The monoisotopic (exact) mass is 325 g/mol. The van der Waals surface area contributed by atoms with Gasteiger partial charge in [-0.3, -0.25) is 4.68 Å². The summed E-state index contributed by atoms with van der Waals surface area (Å²) in [4.78, 5) is 1.21. The zero-order chi connectivity index (χ0) is 13.1. The van der Waals surface area contributed by atoms with Gasteiger partial charge in [-0.05, 0) is 40.7 Å². The number of hydrogen-bond donors (Lipinski definition) is 1. The molecular weight excluding hydrogens is 310 g/mol. The number of aryl methyl sites for hydroxylation is 1. The number of rotatable bonds is 4. The lowest BCUT2D eigenvalue weighted by atomic mass is 10.0. The van der Waals surface area contributed by atoms with Crippen molar-refractivity contribution in [3.8, 4) is 0 Å². The number of nitrogens with two attached hydrogens (primary N) is 1. The van der Waals surface area contributed by atoms with Gasteiger partial charge in [-0.15, -0.1) is 11.8 Å². The summed E-state index contributed by atoms with van der Waals surface area (Å²) >= 11 is 5.25. The van der Waals surface area contributed by atoms with E-state index in [1.807, 2.05) is 16.8 Å². The van der Waals surface area contributed by atoms with Crippen molar-refractivity contribution in [3.63, 3.8) is 0 Å².